The van der Waals surface area contributed by atoms with Gasteiger partial charge in [-0.15, -0.1) is 0 Å². The van der Waals surface area contributed by atoms with Crippen molar-refractivity contribution in [3.05, 3.63) is 59.7 Å². The lowest BCUT2D eigenvalue weighted by atomic mass is 9.98. The first-order valence-electron chi connectivity index (χ1n) is 10.5. The summed E-state index contributed by atoms with van der Waals surface area (Å²) in [5.74, 6) is -2.70. The van der Waals surface area contributed by atoms with Gasteiger partial charge in [-0.1, -0.05) is 48.5 Å². The van der Waals surface area contributed by atoms with Crippen LogP contribution in [0.25, 0.3) is 11.1 Å². The Morgan fingerprint density at radius 3 is 2.06 bits per heavy atom. The molecule has 0 saturated carbocycles. The van der Waals surface area contributed by atoms with Gasteiger partial charge in [0.15, 0.2) is 0 Å². The highest BCUT2D eigenvalue weighted by molar-refractivity contribution is 5.89. The Morgan fingerprint density at radius 1 is 0.939 bits per heavy atom. The molecule has 0 aliphatic heterocycles. The van der Waals surface area contributed by atoms with E-state index in [1.54, 1.807) is 6.92 Å². The van der Waals surface area contributed by atoms with E-state index in [1.165, 1.54) is 7.11 Å². The smallest absolute Gasteiger partial charge is 0.407 e. The zero-order valence-electron chi connectivity index (χ0n) is 18.4. The Kier molecular flexibility index (Phi) is 7.66. The number of benzene rings is 2. The fraction of sp³-hybridized carbons (Fsp3) is 0.333. The van der Waals surface area contributed by atoms with Gasteiger partial charge in [-0.2, -0.15) is 0 Å². The van der Waals surface area contributed by atoms with Gasteiger partial charge in [-0.25, -0.2) is 4.79 Å². The number of hydrogen-bond acceptors (Lipinski definition) is 6. The number of aliphatic carboxylic acids is 1. The number of ether oxygens (including phenoxy) is 2. The molecule has 2 unspecified atom stereocenters. The lowest BCUT2D eigenvalue weighted by Crippen LogP contribution is -2.50. The first kappa shape index (κ1) is 23.8. The topological polar surface area (TPSA) is 131 Å². The highest BCUT2D eigenvalue weighted by Crippen LogP contribution is 2.44. The molecular weight excluding hydrogens is 428 g/mol. The third-order valence-electron chi connectivity index (χ3n) is 5.42. The van der Waals surface area contributed by atoms with E-state index >= 15 is 0 Å². The van der Waals surface area contributed by atoms with Gasteiger partial charge < -0.3 is 25.2 Å². The summed E-state index contributed by atoms with van der Waals surface area (Å²) in [7, 11) is 1.23. The number of hydrogen-bond donors (Lipinski definition) is 3. The van der Waals surface area contributed by atoms with Crippen LogP contribution in [-0.2, 0) is 23.9 Å². The number of esters is 1. The van der Waals surface area contributed by atoms with E-state index in [4.69, 9.17) is 9.84 Å². The van der Waals surface area contributed by atoms with Crippen LogP contribution in [0.2, 0.25) is 0 Å². The molecule has 0 radical (unpaired) electrons. The predicted molar refractivity (Wildman–Crippen MR) is 118 cm³/mol. The maximum absolute atomic E-state index is 12.5. The summed E-state index contributed by atoms with van der Waals surface area (Å²) in [6.45, 7) is 1.60. The van der Waals surface area contributed by atoms with E-state index in [0.717, 1.165) is 22.3 Å². The molecule has 0 bridgehead atoms. The molecule has 3 rings (SSSR count). The largest absolute Gasteiger partial charge is 0.481 e. The Bertz CT molecular complexity index is 1010. The Hall–Kier alpha value is -3.88. The number of amides is 2. The molecule has 3 N–H and O–H groups in total. The second kappa shape index (κ2) is 10.6. The van der Waals surface area contributed by atoms with Crippen LogP contribution in [0.1, 0.15) is 36.8 Å². The van der Waals surface area contributed by atoms with E-state index in [9.17, 15) is 19.2 Å². The van der Waals surface area contributed by atoms with Crippen molar-refractivity contribution in [2.45, 2.75) is 37.8 Å². The lowest BCUT2D eigenvalue weighted by Gasteiger charge is -2.20. The summed E-state index contributed by atoms with van der Waals surface area (Å²) in [6, 6.07) is 13.7. The number of rotatable bonds is 9. The number of alkyl carbamates (subject to hydrolysis) is 1. The molecule has 9 heteroatoms. The fourth-order valence-corrected chi connectivity index (χ4v) is 3.89. The van der Waals surface area contributed by atoms with E-state index in [2.05, 4.69) is 15.4 Å². The second-order valence-electron chi connectivity index (χ2n) is 7.81. The Labute approximate surface area is 191 Å². The third-order valence-corrected chi connectivity index (χ3v) is 5.42. The number of carboxylic acids is 1. The molecule has 2 aromatic rings. The molecule has 0 heterocycles. The van der Waals surface area contributed by atoms with E-state index in [0.29, 0.717) is 0 Å². The van der Waals surface area contributed by atoms with Crippen molar-refractivity contribution in [3.63, 3.8) is 0 Å². The molecule has 174 valence electrons. The maximum Gasteiger partial charge on any atom is 0.407 e. The third kappa shape index (κ3) is 5.88. The summed E-state index contributed by atoms with van der Waals surface area (Å²) in [4.78, 5) is 47.5. The number of carbonyl (C=O) groups excluding carboxylic acids is 3. The van der Waals surface area contributed by atoms with E-state index in [1.807, 2.05) is 48.5 Å². The molecule has 1 aliphatic rings. The zero-order chi connectivity index (χ0) is 24.0. The summed E-state index contributed by atoms with van der Waals surface area (Å²) >= 11 is 0. The first-order valence-corrected chi connectivity index (χ1v) is 10.5. The van der Waals surface area contributed by atoms with Gasteiger partial charge in [-0.05, 0) is 29.2 Å². The molecule has 0 aromatic heterocycles. The quantitative estimate of drug-likeness (QED) is 0.496. The highest BCUT2D eigenvalue weighted by atomic mass is 16.5. The molecule has 0 saturated heterocycles. The van der Waals surface area contributed by atoms with Crippen LogP contribution >= 0.6 is 0 Å². The van der Waals surface area contributed by atoms with E-state index < -0.39 is 42.4 Å². The van der Waals surface area contributed by atoms with E-state index in [-0.39, 0.29) is 18.9 Å². The standard InChI is InChI=1S/C24H26N2O7/c1-14(11-22(29)32-2)25-23(30)20(12-21(27)28)26-24(31)33-13-19-17-9-5-3-7-15(17)16-8-4-6-10-18(16)19/h3-10,14,19-20H,11-13H2,1-2H3,(H,25,30)(H,26,31)(H,27,28). The first-order chi connectivity index (χ1) is 15.8. The van der Waals surface area contributed by atoms with Crippen LogP contribution in [0.5, 0.6) is 0 Å². The Balaban J connectivity index is 1.63. The second-order valence-corrected chi connectivity index (χ2v) is 7.81. The minimum Gasteiger partial charge on any atom is -0.481 e. The zero-order valence-corrected chi connectivity index (χ0v) is 18.4. The van der Waals surface area contributed by atoms with Gasteiger partial charge in [0.05, 0.1) is 20.0 Å². The minimum atomic E-state index is -1.36. The lowest BCUT2D eigenvalue weighted by molar-refractivity contribution is -0.142. The van der Waals surface area contributed by atoms with Crippen LogP contribution in [0, 0.1) is 0 Å². The van der Waals surface area contributed by atoms with Crippen LogP contribution in [0.4, 0.5) is 4.79 Å². The average Bonchev–Trinajstić information content (AvgIpc) is 3.10. The van der Waals surface area contributed by atoms with Crippen LogP contribution < -0.4 is 10.6 Å². The van der Waals surface area contributed by atoms with Gasteiger partial charge in [-0.3, -0.25) is 14.4 Å². The Morgan fingerprint density at radius 2 is 1.52 bits per heavy atom. The monoisotopic (exact) mass is 454 g/mol. The van der Waals surface area contributed by atoms with Crippen LogP contribution in [-0.4, -0.2) is 54.8 Å². The number of methoxy groups -OCH3 is 1. The van der Waals surface area contributed by atoms with Crippen molar-refractivity contribution in [1.29, 1.82) is 0 Å². The van der Waals surface area contributed by atoms with Crippen LogP contribution in [0.15, 0.2) is 48.5 Å². The normalized spacial score (nSPS) is 13.8. The fourth-order valence-electron chi connectivity index (χ4n) is 3.89. The van der Waals surface area contributed by atoms with Gasteiger partial charge in [0.2, 0.25) is 5.91 Å². The molecule has 2 amide bonds. The molecule has 1 aliphatic carbocycles. The van der Waals surface area contributed by atoms with Crippen LogP contribution in [0.3, 0.4) is 0 Å². The van der Waals surface area contributed by atoms with Gasteiger partial charge in [0.1, 0.15) is 12.6 Å². The predicted octanol–water partition coefficient (Wildman–Crippen LogP) is 2.44. The van der Waals surface area contributed by atoms with Crippen molar-refractivity contribution < 1.29 is 33.8 Å². The molecule has 9 nitrogen and oxygen atoms in total. The average molecular weight is 454 g/mol. The van der Waals surface area contributed by atoms with Crippen molar-refractivity contribution in [3.8, 4) is 11.1 Å². The summed E-state index contributed by atoms with van der Waals surface area (Å²) in [5.41, 5.74) is 4.21. The molecule has 0 spiro atoms. The van der Waals surface area contributed by atoms with Crippen molar-refractivity contribution in [2.24, 2.45) is 0 Å². The van der Waals surface area contributed by atoms with Crippen molar-refractivity contribution in [2.75, 3.05) is 13.7 Å². The summed E-state index contributed by atoms with van der Waals surface area (Å²) in [5, 5.41) is 14.0. The molecule has 2 aromatic carbocycles. The number of carbonyl (C=O) groups is 4. The summed E-state index contributed by atoms with van der Waals surface area (Å²) in [6.07, 6.45) is -1.63. The highest BCUT2D eigenvalue weighted by Gasteiger charge is 2.30. The maximum atomic E-state index is 12.5. The molecular formula is C24H26N2O7. The van der Waals surface area contributed by atoms with Crippen molar-refractivity contribution in [1.82, 2.24) is 10.6 Å². The number of carboxylic acid groups (broad SMARTS) is 1. The van der Waals surface area contributed by atoms with Gasteiger partial charge in [0.25, 0.3) is 0 Å². The number of fused-ring (bicyclic) bond motifs is 3. The SMILES string of the molecule is COC(=O)CC(C)NC(=O)C(CC(=O)O)NC(=O)OCC1c2ccccc2-c2ccccc21. The van der Waals surface area contributed by atoms with Gasteiger partial charge >= 0.3 is 18.0 Å². The molecule has 33 heavy (non-hydrogen) atoms. The summed E-state index contributed by atoms with van der Waals surface area (Å²) < 4.78 is 9.94. The molecule has 2 atom stereocenters. The number of nitrogens with one attached hydrogen (secondary N) is 2. The van der Waals surface area contributed by atoms with Crippen molar-refractivity contribution >= 4 is 23.9 Å². The van der Waals surface area contributed by atoms with Gasteiger partial charge in [0, 0.05) is 12.0 Å². The molecule has 0 fully saturated rings. The minimum absolute atomic E-state index is 0.0278.